The second-order valence-corrected chi connectivity index (χ2v) is 16.4. The molecule has 11 rings (SSSR count). The van der Waals surface area contributed by atoms with Gasteiger partial charge in [0.2, 0.25) is 0 Å². The zero-order valence-electron chi connectivity index (χ0n) is 33.9. The first-order valence-corrected chi connectivity index (χ1v) is 20.8. The third-order valence-electron chi connectivity index (χ3n) is 12.7. The molecule has 9 aromatic carbocycles. The van der Waals surface area contributed by atoms with Crippen LogP contribution >= 0.6 is 0 Å². The van der Waals surface area contributed by atoms with Crippen LogP contribution in [0.25, 0.3) is 55.6 Å². The molecule has 286 valence electrons. The molecule has 1 unspecified atom stereocenters. The quantitative estimate of drug-likeness (QED) is 0.163. The number of nitrogens with zero attached hydrogens (tertiary/aromatic N) is 1. The smallest absolute Gasteiger partial charge is 0.131 e. The van der Waals surface area contributed by atoms with Crippen LogP contribution in [0.2, 0.25) is 0 Å². The van der Waals surface area contributed by atoms with E-state index in [1.54, 1.807) is 6.07 Å². The molecule has 2 aliphatic carbocycles. The Kier molecular flexibility index (Phi) is 8.32. The van der Waals surface area contributed by atoms with Crippen LogP contribution in [0.3, 0.4) is 0 Å². The van der Waals surface area contributed by atoms with Crippen molar-refractivity contribution in [1.29, 1.82) is 0 Å². The van der Waals surface area contributed by atoms with Gasteiger partial charge in [0.1, 0.15) is 5.82 Å². The molecule has 0 N–H and O–H groups in total. The Morgan fingerprint density at radius 2 is 0.867 bits per heavy atom. The maximum atomic E-state index is 16.6. The Hall–Kier alpha value is -7.29. The molecular weight excluding hydrogens is 730 g/mol. The predicted octanol–water partition coefficient (Wildman–Crippen LogP) is 15.6. The molecule has 0 amide bonds. The molecule has 0 fully saturated rings. The van der Waals surface area contributed by atoms with Crippen molar-refractivity contribution in [2.75, 3.05) is 4.90 Å². The van der Waals surface area contributed by atoms with Crippen LogP contribution in [0.4, 0.5) is 21.5 Å². The first-order valence-electron chi connectivity index (χ1n) is 20.8. The van der Waals surface area contributed by atoms with Gasteiger partial charge < -0.3 is 4.90 Å². The average Bonchev–Trinajstić information content (AvgIpc) is 3.75. The van der Waals surface area contributed by atoms with E-state index in [-0.39, 0.29) is 5.82 Å². The lowest BCUT2D eigenvalue weighted by Gasteiger charge is -2.34. The standard InChI is InChI=1S/C58H42FN/c1-37-33-39(3)55-49-22-14-21-47(57(49)58(51(55)34-37)50-23-12-10-20-48(50)56-52(58)35-38(2)36-53(56)59)46-19-11-13-24-54(46)60(44-29-25-42(26-30-44)40-15-6-4-7-16-40)45-31-27-43(28-32-45)41-17-8-5-9-18-41/h4-36H,1-3H3. The number of benzene rings is 9. The van der Waals surface area contributed by atoms with Gasteiger partial charge in [-0.1, -0.05) is 169 Å². The lowest BCUT2D eigenvalue weighted by atomic mass is 9.68. The maximum Gasteiger partial charge on any atom is 0.131 e. The lowest BCUT2D eigenvalue weighted by molar-refractivity contribution is 0.627. The average molecular weight is 772 g/mol. The number of halogens is 1. The number of hydrogen-bond donors (Lipinski definition) is 0. The molecule has 60 heavy (non-hydrogen) atoms. The van der Waals surface area contributed by atoms with Gasteiger partial charge >= 0.3 is 0 Å². The highest BCUT2D eigenvalue weighted by Crippen LogP contribution is 2.66. The van der Waals surface area contributed by atoms with Crippen molar-refractivity contribution in [3.8, 4) is 55.6 Å². The van der Waals surface area contributed by atoms with Gasteiger partial charge in [0.05, 0.1) is 11.1 Å². The summed E-state index contributed by atoms with van der Waals surface area (Å²) in [5.41, 5.74) is 21.4. The second kappa shape index (κ2) is 13.9. The molecule has 2 aliphatic rings. The van der Waals surface area contributed by atoms with E-state index in [2.05, 4.69) is 207 Å². The zero-order valence-corrected chi connectivity index (χ0v) is 33.9. The largest absolute Gasteiger partial charge is 0.310 e. The fourth-order valence-corrected chi connectivity index (χ4v) is 10.4. The van der Waals surface area contributed by atoms with Crippen LogP contribution in [-0.2, 0) is 5.41 Å². The minimum Gasteiger partial charge on any atom is -0.310 e. The topological polar surface area (TPSA) is 3.24 Å². The molecular formula is C58H42FN. The molecule has 0 saturated carbocycles. The van der Waals surface area contributed by atoms with Gasteiger partial charge in [-0.05, 0) is 135 Å². The summed E-state index contributed by atoms with van der Waals surface area (Å²) in [6.07, 6.45) is 0. The van der Waals surface area contributed by atoms with Gasteiger partial charge in [0, 0.05) is 22.5 Å². The van der Waals surface area contributed by atoms with Crippen molar-refractivity contribution < 1.29 is 4.39 Å². The van der Waals surface area contributed by atoms with E-state index in [9.17, 15) is 0 Å². The van der Waals surface area contributed by atoms with E-state index in [4.69, 9.17) is 0 Å². The molecule has 0 heterocycles. The summed E-state index contributed by atoms with van der Waals surface area (Å²) in [6.45, 7) is 6.43. The zero-order chi connectivity index (χ0) is 40.5. The van der Waals surface area contributed by atoms with Crippen molar-refractivity contribution in [3.63, 3.8) is 0 Å². The normalized spacial score (nSPS) is 14.4. The minimum absolute atomic E-state index is 0.171. The van der Waals surface area contributed by atoms with E-state index in [0.717, 1.165) is 50.4 Å². The van der Waals surface area contributed by atoms with Gasteiger partial charge in [-0.25, -0.2) is 4.39 Å². The maximum absolute atomic E-state index is 16.6. The van der Waals surface area contributed by atoms with Crippen LogP contribution in [0, 0.1) is 26.6 Å². The molecule has 0 saturated heterocycles. The molecule has 1 atom stereocenters. The summed E-state index contributed by atoms with van der Waals surface area (Å²) in [6, 6.07) is 71.6. The first kappa shape index (κ1) is 35.8. The van der Waals surface area contributed by atoms with Gasteiger partial charge in [-0.2, -0.15) is 0 Å². The van der Waals surface area contributed by atoms with E-state index in [1.807, 2.05) is 13.0 Å². The first-order chi connectivity index (χ1) is 29.4. The van der Waals surface area contributed by atoms with Crippen LogP contribution < -0.4 is 4.90 Å². The summed E-state index contributed by atoms with van der Waals surface area (Å²) in [5.74, 6) is -0.171. The third kappa shape index (κ3) is 5.37. The van der Waals surface area contributed by atoms with Crippen molar-refractivity contribution in [1.82, 2.24) is 0 Å². The Labute approximate surface area is 351 Å². The summed E-state index contributed by atoms with van der Waals surface area (Å²) in [4.78, 5) is 2.39. The van der Waals surface area contributed by atoms with Gasteiger partial charge in [-0.15, -0.1) is 0 Å². The Balaban J connectivity index is 1.18. The Morgan fingerprint density at radius 1 is 0.383 bits per heavy atom. The van der Waals surface area contributed by atoms with E-state index < -0.39 is 5.41 Å². The molecule has 0 aliphatic heterocycles. The van der Waals surface area contributed by atoms with Crippen molar-refractivity contribution in [3.05, 3.63) is 245 Å². The van der Waals surface area contributed by atoms with Crippen LogP contribution in [-0.4, -0.2) is 0 Å². The fraction of sp³-hybridized carbons (Fsp3) is 0.0690. The van der Waals surface area contributed by atoms with Gasteiger partial charge in [-0.3, -0.25) is 0 Å². The summed E-state index contributed by atoms with van der Waals surface area (Å²) in [7, 11) is 0. The van der Waals surface area contributed by atoms with Crippen molar-refractivity contribution >= 4 is 17.1 Å². The number of hydrogen-bond acceptors (Lipinski definition) is 1. The number of rotatable bonds is 6. The number of fused-ring (bicyclic) bond motifs is 10. The lowest BCUT2D eigenvalue weighted by Crippen LogP contribution is -2.27. The highest BCUT2D eigenvalue weighted by molar-refractivity contribution is 6.02. The number of anilines is 3. The van der Waals surface area contributed by atoms with E-state index in [1.165, 1.54) is 55.6 Å². The van der Waals surface area contributed by atoms with E-state index in [0.29, 0.717) is 5.56 Å². The Morgan fingerprint density at radius 3 is 1.50 bits per heavy atom. The molecule has 0 radical (unpaired) electrons. The summed E-state index contributed by atoms with van der Waals surface area (Å²) >= 11 is 0. The highest BCUT2D eigenvalue weighted by atomic mass is 19.1. The molecule has 9 aromatic rings. The summed E-state index contributed by atoms with van der Waals surface area (Å²) in [5, 5.41) is 0. The SMILES string of the molecule is Cc1cc(C)c2c(c1)C1(c3ccccc3-c3c(F)cc(C)cc31)c1c(-c3ccccc3N(c3ccc(-c4ccccc4)cc3)c3ccc(-c4ccccc4)cc3)cccc1-2. The number of para-hydroxylation sites is 1. The summed E-state index contributed by atoms with van der Waals surface area (Å²) < 4.78 is 16.6. The van der Waals surface area contributed by atoms with Gasteiger partial charge in [0.15, 0.2) is 0 Å². The number of aryl methyl sites for hydroxylation is 3. The van der Waals surface area contributed by atoms with Crippen LogP contribution in [0.5, 0.6) is 0 Å². The fourth-order valence-electron chi connectivity index (χ4n) is 10.4. The molecule has 2 heteroatoms. The van der Waals surface area contributed by atoms with E-state index >= 15 is 4.39 Å². The van der Waals surface area contributed by atoms with Gasteiger partial charge in [0.25, 0.3) is 0 Å². The third-order valence-corrected chi connectivity index (χ3v) is 12.7. The molecule has 0 bridgehead atoms. The molecule has 1 nitrogen and oxygen atoms in total. The van der Waals surface area contributed by atoms with Crippen LogP contribution in [0.1, 0.15) is 38.9 Å². The highest BCUT2D eigenvalue weighted by Gasteiger charge is 2.54. The van der Waals surface area contributed by atoms with Crippen molar-refractivity contribution in [2.24, 2.45) is 0 Å². The molecule has 1 spiro atoms. The monoisotopic (exact) mass is 771 g/mol. The second-order valence-electron chi connectivity index (χ2n) is 16.4. The van der Waals surface area contributed by atoms with Crippen LogP contribution in [0.15, 0.2) is 200 Å². The predicted molar refractivity (Wildman–Crippen MR) is 248 cm³/mol. The molecule has 0 aromatic heterocycles. The van der Waals surface area contributed by atoms with Crippen molar-refractivity contribution in [2.45, 2.75) is 26.2 Å². The minimum atomic E-state index is -0.733. The Bertz CT molecular complexity index is 3010.